The zero-order chi connectivity index (χ0) is 8.10. The van der Waals surface area contributed by atoms with Gasteiger partial charge in [-0.15, -0.1) is 0 Å². The minimum atomic E-state index is -0.485. The van der Waals surface area contributed by atoms with Crippen LogP contribution in [0, 0.1) is 0 Å². The number of hydrogen-bond acceptors (Lipinski definition) is 3. The summed E-state index contributed by atoms with van der Waals surface area (Å²) in [4.78, 5) is 6.58. The number of hydrogen-bond donors (Lipinski definition) is 1. The molecule has 0 aliphatic carbocycles. The van der Waals surface area contributed by atoms with Crippen molar-refractivity contribution in [1.82, 2.24) is 4.98 Å². The summed E-state index contributed by atoms with van der Waals surface area (Å²) >= 11 is 4.02. The van der Waals surface area contributed by atoms with Gasteiger partial charge in [-0.2, -0.15) is 12.6 Å². The molecule has 0 radical (unpaired) electrons. The average Bonchev–Trinajstić information content (AvgIpc) is 2.07. The molecule has 1 atom stereocenters. The summed E-state index contributed by atoms with van der Waals surface area (Å²) in [5.74, 6) is 0. The van der Waals surface area contributed by atoms with E-state index in [9.17, 15) is 0 Å². The van der Waals surface area contributed by atoms with Crippen molar-refractivity contribution in [3.05, 3.63) is 40.5 Å². The molecule has 0 saturated heterocycles. The number of rotatable bonds is 2. The van der Waals surface area contributed by atoms with Gasteiger partial charge in [-0.1, -0.05) is 11.2 Å². The van der Waals surface area contributed by atoms with E-state index in [1.54, 1.807) is 18.3 Å². The second kappa shape index (κ2) is 3.85. The largest absolute Gasteiger partial charge is 0.260 e. The van der Waals surface area contributed by atoms with E-state index >= 15 is 0 Å². The van der Waals surface area contributed by atoms with Crippen LogP contribution in [0.3, 0.4) is 0 Å². The first-order chi connectivity index (χ1) is 5.34. The van der Waals surface area contributed by atoms with Crippen LogP contribution in [0.2, 0.25) is 0 Å². The van der Waals surface area contributed by atoms with Gasteiger partial charge in [-0.05, 0) is 17.7 Å². The molecule has 1 aromatic rings. The Morgan fingerprint density at radius 2 is 2.45 bits per heavy atom. The highest BCUT2D eigenvalue weighted by atomic mass is 32.1. The molecular formula is C6H6N4S. The van der Waals surface area contributed by atoms with Crippen LogP contribution in [-0.4, -0.2) is 4.98 Å². The van der Waals surface area contributed by atoms with Gasteiger partial charge in [-0.25, -0.2) is 0 Å². The van der Waals surface area contributed by atoms with Gasteiger partial charge >= 0.3 is 0 Å². The number of nitrogens with zero attached hydrogens (tertiary/aromatic N) is 4. The Labute approximate surface area is 69.3 Å². The van der Waals surface area contributed by atoms with Gasteiger partial charge in [0, 0.05) is 11.1 Å². The SMILES string of the molecule is [N-]=[N+]=NC(S)c1ccccn1. The van der Waals surface area contributed by atoms with Crippen LogP contribution in [0.15, 0.2) is 29.5 Å². The molecule has 0 fully saturated rings. The Hall–Kier alpha value is -1.19. The summed E-state index contributed by atoms with van der Waals surface area (Å²) in [5.41, 5.74) is 8.74. The van der Waals surface area contributed by atoms with Crippen molar-refractivity contribution >= 4 is 12.6 Å². The van der Waals surface area contributed by atoms with Crippen molar-refractivity contribution in [2.24, 2.45) is 5.11 Å². The quantitative estimate of drug-likeness (QED) is 0.311. The van der Waals surface area contributed by atoms with Crippen LogP contribution in [0.1, 0.15) is 11.1 Å². The average molecular weight is 166 g/mol. The maximum Gasteiger partial charge on any atom is 0.123 e. The fraction of sp³-hybridized carbons (Fsp3) is 0.167. The van der Waals surface area contributed by atoms with Crippen molar-refractivity contribution in [2.75, 3.05) is 0 Å². The molecule has 5 heteroatoms. The van der Waals surface area contributed by atoms with Crippen LogP contribution < -0.4 is 0 Å². The summed E-state index contributed by atoms with van der Waals surface area (Å²) in [6, 6.07) is 5.37. The van der Waals surface area contributed by atoms with E-state index in [0.717, 1.165) is 0 Å². The summed E-state index contributed by atoms with van der Waals surface area (Å²) in [7, 11) is 0. The van der Waals surface area contributed by atoms with E-state index in [1.165, 1.54) is 0 Å². The maximum atomic E-state index is 8.08. The molecular weight excluding hydrogens is 160 g/mol. The van der Waals surface area contributed by atoms with Crippen LogP contribution >= 0.6 is 12.6 Å². The van der Waals surface area contributed by atoms with E-state index in [-0.39, 0.29) is 0 Å². The molecule has 1 rings (SSSR count). The van der Waals surface area contributed by atoms with Crippen LogP contribution in [0.5, 0.6) is 0 Å². The van der Waals surface area contributed by atoms with Crippen molar-refractivity contribution in [2.45, 2.75) is 5.37 Å². The predicted octanol–water partition coefficient (Wildman–Crippen LogP) is 2.32. The smallest absolute Gasteiger partial charge is 0.123 e. The second-order valence-electron chi connectivity index (χ2n) is 1.83. The first-order valence-corrected chi connectivity index (χ1v) is 3.49. The van der Waals surface area contributed by atoms with Crippen molar-refractivity contribution < 1.29 is 0 Å². The molecule has 1 unspecified atom stereocenters. The second-order valence-corrected chi connectivity index (χ2v) is 2.32. The van der Waals surface area contributed by atoms with Gasteiger partial charge in [0.15, 0.2) is 0 Å². The summed E-state index contributed by atoms with van der Waals surface area (Å²) in [6.45, 7) is 0. The molecule has 11 heavy (non-hydrogen) atoms. The zero-order valence-corrected chi connectivity index (χ0v) is 6.52. The third-order valence-corrected chi connectivity index (χ3v) is 1.48. The number of azide groups is 1. The number of aromatic nitrogens is 1. The number of thiol groups is 1. The fourth-order valence-electron chi connectivity index (χ4n) is 0.637. The van der Waals surface area contributed by atoms with E-state index in [4.69, 9.17) is 5.53 Å². The van der Waals surface area contributed by atoms with Crippen LogP contribution in [0.4, 0.5) is 0 Å². The summed E-state index contributed by atoms with van der Waals surface area (Å²) < 4.78 is 0. The molecule has 0 aliphatic heterocycles. The first-order valence-electron chi connectivity index (χ1n) is 2.98. The molecule has 0 aromatic carbocycles. The molecule has 0 amide bonds. The van der Waals surface area contributed by atoms with Gasteiger partial charge in [0.1, 0.15) is 5.37 Å². The third kappa shape index (κ3) is 2.14. The predicted molar refractivity (Wildman–Crippen MR) is 45.1 cm³/mol. The highest BCUT2D eigenvalue weighted by Crippen LogP contribution is 2.17. The molecule has 4 nitrogen and oxygen atoms in total. The molecule has 0 N–H and O–H groups in total. The lowest BCUT2D eigenvalue weighted by Crippen LogP contribution is -1.87. The van der Waals surface area contributed by atoms with Gasteiger partial charge in [0.05, 0.1) is 5.69 Å². The standard InChI is InChI=1S/C6H6N4S/c7-10-9-6(11)5-3-1-2-4-8-5/h1-4,6,11H. The summed E-state index contributed by atoms with van der Waals surface area (Å²) in [5, 5.41) is 2.89. The molecule has 0 bridgehead atoms. The van der Waals surface area contributed by atoms with Gasteiger partial charge in [-0.3, -0.25) is 4.98 Å². The van der Waals surface area contributed by atoms with E-state index < -0.39 is 5.37 Å². The van der Waals surface area contributed by atoms with Gasteiger partial charge in [0.25, 0.3) is 0 Å². The highest BCUT2D eigenvalue weighted by molar-refractivity contribution is 7.80. The topological polar surface area (TPSA) is 61.7 Å². The Balaban J connectivity index is 2.84. The lowest BCUT2D eigenvalue weighted by molar-refractivity contribution is 0.956. The lowest BCUT2D eigenvalue weighted by atomic mass is 10.3. The minimum Gasteiger partial charge on any atom is -0.260 e. The molecule has 56 valence electrons. The van der Waals surface area contributed by atoms with Crippen LogP contribution in [-0.2, 0) is 0 Å². The Morgan fingerprint density at radius 1 is 1.64 bits per heavy atom. The normalized spacial score (nSPS) is 11.7. The van der Waals surface area contributed by atoms with Crippen molar-refractivity contribution in [3.8, 4) is 0 Å². The van der Waals surface area contributed by atoms with Crippen molar-refractivity contribution in [3.63, 3.8) is 0 Å². The third-order valence-electron chi connectivity index (χ3n) is 1.11. The first kappa shape index (κ1) is 7.91. The Kier molecular flexibility index (Phi) is 2.77. The van der Waals surface area contributed by atoms with E-state index in [0.29, 0.717) is 5.69 Å². The Morgan fingerprint density at radius 3 is 3.00 bits per heavy atom. The molecule has 0 spiro atoms. The summed E-state index contributed by atoms with van der Waals surface area (Å²) in [6.07, 6.45) is 1.63. The monoisotopic (exact) mass is 166 g/mol. The van der Waals surface area contributed by atoms with E-state index in [2.05, 4.69) is 27.6 Å². The van der Waals surface area contributed by atoms with Gasteiger partial charge < -0.3 is 0 Å². The highest BCUT2D eigenvalue weighted by Gasteiger charge is 2.01. The maximum absolute atomic E-state index is 8.08. The number of pyridine rings is 1. The van der Waals surface area contributed by atoms with Crippen molar-refractivity contribution in [1.29, 1.82) is 0 Å². The van der Waals surface area contributed by atoms with E-state index in [1.807, 2.05) is 6.07 Å². The molecule has 0 aliphatic rings. The molecule has 1 aromatic heterocycles. The zero-order valence-electron chi connectivity index (χ0n) is 5.62. The minimum absolute atomic E-state index is 0.485. The lowest BCUT2D eigenvalue weighted by Gasteiger charge is -1.99. The Bertz CT molecular complexity index is 267. The fourth-order valence-corrected chi connectivity index (χ4v) is 0.836. The molecule has 0 saturated carbocycles. The van der Waals surface area contributed by atoms with Gasteiger partial charge in [0.2, 0.25) is 0 Å². The molecule has 1 heterocycles. The van der Waals surface area contributed by atoms with Crippen LogP contribution in [0.25, 0.3) is 10.4 Å².